The average Bonchev–Trinajstić information content (AvgIpc) is 3.17. The third-order valence-electron chi connectivity index (χ3n) is 4.49. The molecule has 4 rings (SSSR count). The molecule has 0 bridgehead atoms. The maximum absolute atomic E-state index is 12.5. The lowest BCUT2D eigenvalue weighted by Gasteiger charge is -2.10. The Labute approximate surface area is 155 Å². The fraction of sp³-hybridized carbons (Fsp3) is 0.263. The second-order valence-corrected chi connectivity index (χ2v) is 6.93. The fourth-order valence-electron chi connectivity index (χ4n) is 2.89. The molecule has 1 aliphatic carbocycles. The number of nitrogens with one attached hydrogen (secondary N) is 1. The van der Waals surface area contributed by atoms with Gasteiger partial charge in [-0.15, -0.1) is 0 Å². The van der Waals surface area contributed by atoms with E-state index < -0.39 is 0 Å². The summed E-state index contributed by atoms with van der Waals surface area (Å²) < 4.78 is 7.15. The number of halogens is 1. The van der Waals surface area contributed by atoms with E-state index in [1.165, 1.54) is 0 Å². The first-order valence-corrected chi connectivity index (χ1v) is 8.93. The van der Waals surface area contributed by atoms with Crippen molar-refractivity contribution in [2.75, 3.05) is 6.54 Å². The van der Waals surface area contributed by atoms with Gasteiger partial charge in [-0.1, -0.05) is 17.7 Å². The molecular formula is C19H19ClN4O2. The number of hydrogen-bond donors (Lipinski definition) is 2. The number of carbonyl (C=O) groups excluding carboxylic acids is 1. The smallest absolute Gasteiger partial charge is 0.271 e. The van der Waals surface area contributed by atoms with Crippen LogP contribution in [0.4, 0.5) is 0 Å². The van der Waals surface area contributed by atoms with Crippen LogP contribution in [0.2, 0.25) is 5.02 Å². The van der Waals surface area contributed by atoms with Crippen molar-refractivity contribution >= 4 is 17.5 Å². The normalized spacial score (nSPS) is 15.0. The number of amides is 1. The fourth-order valence-corrected chi connectivity index (χ4v) is 3.07. The molecule has 26 heavy (non-hydrogen) atoms. The SMILES string of the molecule is NC(CNC(=O)c1cc(-c2ccco2)n(-c2cccc(Cl)c2)n1)C1CC1. The molecule has 1 amide bonds. The van der Waals surface area contributed by atoms with E-state index in [0.717, 1.165) is 18.5 Å². The number of nitrogens with two attached hydrogens (primary N) is 1. The van der Waals surface area contributed by atoms with E-state index in [1.807, 2.05) is 18.2 Å². The highest BCUT2D eigenvalue weighted by molar-refractivity contribution is 6.30. The van der Waals surface area contributed by atoms with Gasteiger partial charge in [0.15, 0.2) is 11.5 Å². The van der Waals surface area contributed by atoms with Crippen LogP contribution in [0, 0.1) is 5.92 Å². The average molecular weight is 371 g/mol. The van der Waals surface area contributed by atoms with E-state index >= 15 is 0 Å². The molecule has 1 aliphatic rings. The van der Waals surface area contributed by atoms with E-state index in [-0.39, 0.29) is 11.9 Å². The Morgan fingerprint density at radius 1 is 1.35 bits per heavy atom. The Morgan fingerprint density at radius 2 is 2.19 bits per heavy atom. The lowest BCUT2D eigenvalue weighted by atomic mass is 10.2. The predicted octanol–water partition coefficient (Wildman–Crippen LogP) is 3.25. The maximum Gasteiger partial charge on any atom is 0.271 e. The van der Waals surface area contributed by atoms with Crippen LogP contribution in [0.1, 0.15) is 23.3 Å². The maximum atomic E-state index is 12.5. The molecule has 3 N–H and O–H groups in total. The summed E-state index contributed by atoms with van der Waals surface area (Å²) in [5.74, 6) is 0.888. The molecule has 1 saturated carbocycles. The van der Waals surface area contributed by atoms with E-state index in [0.29, 0.717) is 34.6 Å². The summed E-state index contributed by atoms with van der Waals surface area (Å²) in [6.07, 6.45) is 3.87. The van der Waals surface area contributed by atoms with Crippen LogP contribution in [0.25, 0.3) is 17.1 Å². The van der Waals surface area contributed by atoms with Gasteiger partial charge in [0, 0.05) is 23.7 Å². The number of rotatable bonds is 6. The Balaban J connectivity index is 1.63. The van der Waals surface area contributed by atoms with Gasteiger partial charge in [0.1, 0.15) is 5.69 Å². The standard InChI is InChI=1S/C19H19ClN4O2/c20-13-3-1-4-14(9-13)24-17(18-5-2-8-26-18)10-16(23-24)19(25)22-11-15(21)12-6-7-12/h1-5,8-10,12,15H,6-7,11,21H2,(H,22,25). The summed E-state index contributed by atoms with van der Waals surface area (Å²) in [6, 6.07) is 12.6. The van der Waals surface area contributed by atoms with Crippen LogP contribution in [-0.4, -0.2) is 28.3 Å². The zero-order valence-electron chi connectivity index (χ0n) is 14.1. The van der Waals surface area contributed by atoms with Crippen molar-refractivity contribution in [1.29, 1.82) is 0 Å². The minimum Gasteiger partial charge on any atom is -0.463 e. The highest BCUT2D eigenvalue weighted by Crippen LogP contribution is 2.31. The topological polar surface area (TPSA) is 86.1 Å². The number of nitrogens with zero attached hydrogens (tertiary/aromatic N) is 2. The number of benzene rings is 1. The molecule has 2 heterocycles. The van der Waals surface area contributed by atoms with Crippen LogP contribution < -0.4 is 11.1 Å². The van der Waals surface area contributed by atoms with Gasteiger partial charge < -0.3 is 15.5 Å². The number of aromatic nitrogens is 2. The largest absolute Gasteiger partial charge is 0.463 e. The minimum atomic E-state index is -0.255. The van der Waals surface area contributed by atoms with Crippen LogP contribution in [0.5, 0.6) is 0 Å². The number of furan rings is 1. The summed E-state index contributed by atoms with van der Waals surface area (Å²) in [4.78, 5) is 12.5. The molecule has 1 aromatic carbocycles. The molecule has 0 spiro atoms. The van der Waals surface area contributed by atoms with Gasteiger partial charge in [0.2, 0.25) is 0 Å². The molecule has 3 aromatic rings. The summed E-state index contributed by atoms with van der Waals surface area (Å²) in [6.45, 7) is 0.448. The van der Waals surface area contributed by atoms with E-state index in [4.69, 9.17) is 21.8 Å². The molecule has 1 unspecified atom stereocenters. The zero-order chi connectivity index (χ0) is 18.1. The van der Waals surface area contributed by atoms with Crippen LogP contribution in [0.15, 0.2) is 53.1 Å². The number of hydrogen-bond acceptors (Lipinski definition) is 4. The predicted molar refractivity (Wildman–Crippen MR) is 99.3 cm³/mol. The Bertz CT molecular complexity index is 916. The van der Waals surface area contributed by atoms with Gasteiger partial charge in [-0.05, 0) is 49.1 Å². The molecule has 7 heteroatoms. The van der Waals surface area contributed by atoms with Crippen molar-refractivity contribution in [3.63, 3.8) is 0 Å². The highest BCUT2D eigenvalue weighted by Gasteiger charge is 2.29. The van der Waals surface area contributed by atoms with Gasteiger partial charge in [0.05, 0.1) is 12.0 Å². The van der Waals surface area contributed by atoms with E-state index in [9.17, 15) is 4.79 Å². The molecule has 0 radical (unpaired) electrons. The Kier molecular flexibility index (Phi) is 4.53. The number of carbonyl (C=O) groups is 1. The van der Waals surface area contributed by atoms with Crippen molar-refractivity contribution < 1.29 is 9.21 Å². The molecule has 2 aromatic heterocycles. The molecule has 1 atom stereocenters. The highest BCUT2D eigenvalue weighted by atomic mass is 35.5. The van der Waals surface area contributed by atoms with Crippen LogP contribution in [-0.2, 0) is 0 Å². The van der Waals surface area contributed by atoms with Gasteiger partial charge in [-0.25, -0.2) is 4.68 Å². The molecule has 0 saturated heterocycles. The minimum absolute atomic E-state index is 0.00138. The molecule has 134 valence electrons. The summed E-state index contributed by atoms with van der Waals surface area (Å²) in [7, 11) is 0. The first-order valence-electron chi connectivity index (χ1n) is 8.55. The quantitative estimate of drug-likeness (QED) is 0.697. The van der Waals surface area contributed by atoms with Crippen LogP contribution in [0.3, 0.4) is 0 Å². The Hall–Kier alpha value is -2.57. The lowest BCUT2D eigenvalue weighted by Crippen LogP contribution is -2.38. The van der Waals surface area contributed by atoms with Crippen molar-refractivity contribution in [3.05, 3.63) is 59.4 Å². The zero-order valence-corrected chi connectivity index (χ0v) is 14.8. The molecule has 1 fully saturated rings. The second kappa shape index (κ2) is 6.97. The first-order chi connectivity index (χ1) is 12.6. The van der Waals surface area contributed by atoms with E-state index in [1.54, 1.807) is 35.2 Å². The van der Waals surface area contributed by atoms with Crippen molar-refractivity contribution in [1.82, 2.24) is 15.1 Å². The molecular weight excluding hydrogens is 352 g/mol. The van der Waals surface area contributed by atoms with Crippen molar-refractivity contribution in [2.45, 2.75) is 18.9 Å². The second-order valence-electron chi connectivity index (χ2n) is 6.50. The van der Waals surface area contributed by atoms with E-state index in [2.05, 4.69) is 10.4 Å². The van der Waals surface area contributed by atoms with Gasteiger partial charge >= 0.3 is 0 Å². The lowest BCUT2D eigenvalue weighted by molar-refractivity contribution is 0.0945. The van der Waals surface area contributed by atoms with Crippen molar-refractivity contribution in [3.8, 4) is 17.1 Å². The molecule has 6 nitrogen and oxygen atoms in total. The molecule has 0 aliphatic heterocycles. The van der Waals surface area contributed by atoms with Crippen molar-refractivity contribution in [2.24, 2.45) is 11.7 Å². The van der Waals surface area contributed by atoms with Gasteiger partial charge in [-0.3, -0.25) is 4.79 Å². The third kappa shape index (κ3) is 3.52. The first kappa shape index (κ1) is 16.9. The summed E-state index contributed by atoms with van der Waals surface area (Å²) >= 11 is 6.10. The Morgan fingerprint density at radius 3 is 2.88 bits per heavy atom. The monoisotopic (exact) mass is 370 g/mol. The van der Waals surface area contributed by atoms with Gasteiger partial charge in [0.25, 0.3) is 5.91 Å². The summed E-state index contributed by atoms with van der Waals surface area (Å²) in [5.41, 5.74) is 7.78. The van der Waals surface area contributed by atoms with Gasteiger partial charge in [-0.2, -0.15) is 5.10 Å². The third-order valence-corrected chi connectivity index (χ3v) is 4.73. The summed E-state index contributed by atoms with van der Waals surface area (Å²) in [5, 5.41) is 7.92. The van der Waals surface area contributed by atoms with Crippen LogP contribution >= 0.6 is 11.6 Å².